The minimum absolute atomic E-state index is 0.0557. The number of carbonyl (C=O) groups is 1. The van der Waals surface area contributed by atoms with E-state index in [-0.39, 0.29) is 16.9 Å². The first-order valence-corrected chi connectivity index (χ1v) is 9.50. The molecular formula is C20H21N3O3S. The van der Waals surface area contributed by atoms with E-state index in [9.17, 15) is 9.90 Å². The molecule has 1 aliphatic rings. The molecule has 1 fully saturated rings. The largest absolute Gasteiger partial charge is 0.504 e. The molecule has 0 aromatic heterocycles. The van der Waals surface area contributed by atoms with Crippen LogP contribution in [-0.2, 0) is 17.6 Å². The molecule has 0 saturated carbocycles. The van der Waals surface area contributed by atoms with Crippen molar-refractivity contribution < 1.29 is 14.6 Å². The van der Waals surface area contributed by atoms with Gasteiger partial charge in [0.15, 0.2) is 16.7 Å². The molecule has 2 N–H and O–H groups in total. The van der Waals surface area contributed by atoms with Crippen LogP contribution in [0.15, 0.2) is 52.7 Å². The standard InChI is InChI=1S/C20H21N3O3S/c1-3-13-4-6-14(7-5-13)11-18-19(25)22-20(27-18)23-21-12-15-8-9-16(24)17(10-15)26-2/h4-10,12,18,24H,3,11H2,1-2H3,(H,22,23,25)/b21-12-/t18-/m1/s1. The molecule has 7 heteroatoms. The normalized spacial score (nSPS) is 18.2. The summed E-state index contributed by atoms with van der Waals surface area (Å²) in [6.45, 7) is 2.12. The number of hydrogen-bond acceptors (Lipinski definition) is 6. The summed E-state index contributed by atoms with van der Waals surface area (Å²) >= 11 is 1.38. The van der Waals surface area contributed by atoms with Crippen LogP contribution in [0, 0.1) is 0 Å². The highest BCUT2D eigenvalue weighted by Crippen LogP contribution is 2.26. The molecule has 0 unspecified atom stereocenters. The van der Waals surface area contributed by atoms with Crippen molar-refractivity contribution in [3.05, 3.63) is 59.2 Å². The second-order valence-corrected chi connectivity index (χ2v) is 7.24. The zero-order valence-corrected chi connectivity index (χ0v) is 16.0. The summed E-state index contributed by atoms with van der Waals surface area (Å²) in [5, 5.41) is 20.7. The van der Waals surface area contributed by atoms with E-state index in [0.29, 0.717) is 17.3 Å². The third-order valence-electron chi connectivity index (χ3n) is 4.19. The summed E-state index contributed by atoms with van der Waals surface area (Å²) in [5.41, 5.74) is 3.14. The number of carbonyl (C=O) groups excluding carboxylic acids is 1. The molecule has 1 aliphatic heterocycles. The van der Waals surface area contributed by atoms with Gasteiger partial charge in [-0.3, -0.25) is 4.79 Å². The molecule has 0 aliphatic carbocycles. The van der Waals surface area contributed by atoms with Crippen molar-refractivity contribution in [1.29, 1.82) is 0 Å². The van der Waals surface area contributed by atoms with Crippen LogP contribution in [0.2, 0.25) is 0 Å². The van der Waals surface area contributed by atoms with Gasteiger partial charge in [-0.2, -0.15) is 5.10 Å². The van der Waals surface area contributed by atoms with Crippen molar-refractivity contribution in [1.82, 2.24) is 5.32 Å². The van der Waals surface area contributed by atoms with Crippen molar-refractivity contribution in [3.8, 4) is 11.5 Å². The van der Waals surface area contributed by atoms with Crippen LogP contribution in [0.1, 0.15) is 23.6 Å². The van der Waals surface area contributed by atoms with Crippen molar-refractivity contribution >= 4 is 29.1 Å². The lowest BCUT2D eigenvalue weighted by molar-refractivity contribution is -0.118. The molecular weight excluding hydrogens is 362 g/mol. The Labute approximate surface area is 162 Å². The Morgan fingerprint density at radius 1 is 1.22 bits per heavy atom. The molecule has 3 rings (SSSR count). The van der Waals surface area contributed by atoms with Crippen molar-refractivity contribution in [3.63, 3.8) is 0 Å². The predicted molar refractivity (Wildman–Crippen MR) is 109 cm³/mol. The Morgan fingerprint density at radius 2 is 1.96 bits per heavy atom. The van der Waals surface area contributed by atoms with E-state index in [1.54, 1.807) is 18.3 Å². The molecule has 1 heterocycles. The zero-order chi connectivity index (χ0) is 19.2. The van der Waals surface area contributed by atoms with Gasteiger partial charge in [0.2, 0.25) is 5.91 Å². The SMILES string of the molecule is CCc1ccc(C[C@H]2S/C(=N/N=C\c3ccc(O)c(OC)c3)NC2=O)cc1. The first-order valence-electron chi connectivity index (χ1n) is 8.62. The van der Waals surface area contributed by atoms with E-state index in [1.165, 1.54) is 30.5 Å². The number of nitrogens with zero attached hydrogens (tertiary/aromatic N) is 2. The Hall–Kier alpha value is -2.80. The summed E-state index contributed by atoms with van der Waals surface area (Å²) in [6.07, 6.45) is 3.19. The van der Waals surface area contributed by atoms with Gasteiger partial charge in [-0.15, -0.1) is 5.10 Å². The molecule has 0 radical (unpaired) electrons. The molecule has 2 aromatic carbocycles. The summed E-state index contributed by atoms with van der Waals surface area (Å²) in [7, 11) is 1.48. The van der Waals surface area contributed by atoms with Crippen LogP contribution < -0.4 is 10.1 Å². The molecule has 1 amide bonds. The van der Waals surface area contributed by atoms with Gasteiger partial charge in [-0.25, -0.2) is 0 Å². The fourth-order valence-electron chi connectivity index (χ4n) is 2.63. The van der Waals surface area contributed by atoms with E-state index in [0.717, 1.165) is 17.5 Å². The molecule has 27 heavy (non-hydrogen) atoms. The maximum atomic E-state index is 12.2. The number of benzene rings is 2. The van der Waals surface area contributed by atoms with E-state index in [4.69, 9.17) is 4.74 Å². The number of ether oxygens (including phenoxy) is 1. The number of nitrogens with one attached hydrogen (secondary N) is 1. The van der Waals surface area contributed by atoms with Gasteiger partial charge in [-0.1, -0.05) is 43.0 Å². The van der Waals surface area contributed by atoms with E-state index in [2.05, 4.69) is 46.7 Å². The maximum absolute atomic E-state index is 12.2. The van der Waals surface area contributed by atoms with Crippen molar-refractivity contribution in [2.45, 2.75) is 25.0 Å². The average Bonchev–Trinajstić information content (AvgIpc) is 3.03. The number of amidine groups is 1. The Morgan fingerprint density at radius 3 is 2.67 bits per heavy atom. The number of amides is 1. The van der Waals surface area contributed by atoms with Crippen LogP contribution >= 0.6 is 11.8 Å². The van der Waals surface area contributed by atoms with Gasteiger partial charge >= 0.3 is 0 Å². The Balaban J connectivity index is 1.62. The lowest BCUT2D eigenvalue weighted by atomic mass is 10.1. The Kier molecular flexibility index (Phi) is 6.13. The smallest absolute Gasteiger partial charge is 0.239 e. The van der Waals surface area contributed by atoms with Gasteiger partial charge < -0.3 is 15.2 Å². The fraction of sp³-hybridized carbons (Fsp3) is 0.250. The number of phenols is 1. The van der Waals surface area contributed by atoms with Crippen LogP contribution in [-0.4, -0.2) is 34.8 Å². The highest BCUT2D eigenvalue weighted by Gasteiger charge is 2.30. The highest BCUT2D eigenvalue weighted by molar-refractivity contribution is 8.15. The number of hydrogen-bond donors (Lipinski definition) is 2. The lowest BCUT2D eigenvalue weighted by Crippen LogP contribution is -2.25. The lowest BCUT2D eigenvalue weighted by Gasteiger charge is -2.06. The van der Waals surface area contributed by atoms with Gasteiger partial charge in [-0.05, 0) is 47.7 Å². The summed E-state index contributed by atoms with van der Waals surface area (Å²) < 4.78 is 5.06. The third-order valence-corrected chi connectivity index (χ3v) is 5.26. The summed E-state index contributed by atoms with van der Waals surface area (Å²) in [4.78, 5) is 12.2. The maximum Gasteiger partial charge on any atom is 0.239 e. The first kappa shape index (κ1) is 19.0. The van der Waals surface area contributed by atoms with Crippen LogP contribution in [0.3, 0.4) is 0 Å². The molecule has 1 saturated heterocycles. The number of rotatable bonds is 6. The zero-order valence-electron chi connectivity index (χ0n) is 15.2. The van der Waals surface area contributed by atoms with Crippen LogP contribution in [0.4, 0.5) is 0 Å². The van der Waals surface area contributed by atoms with Crippen LogP contribution in [0.5, 0.6) is 11.5 Å². The molecule has 0 spiro atoms. The number of thioether (sulfide) groups is 1. The third kappa shape index (κ3) is 4.89. The van der Waals surface area contributed by atoms with E-state index >= 15 is 0 Å². The fourth-order valence-corrected chi connectivity index (χ4v) is 3.60. The number of phenolic OH excluding ortho intramolecular Hbond substituents is 1. The number of aryl methyl sites for hydroxylation is 1. The van der Waals surface area contributed by atoms with Crippen molar-refractivity contribution in [2.24, 2.45) is 10.2 Å². The molecule has 0 bridgehead atoms. The van der Waals surface area contributed by atoms with E-state index in [1.807, 2.05) is 0 Å². The minimum Gasteiger partial charge on any atom is -0.504 e. The number of methoxy groups -OCH3 is 1. The first-order chi connectivity index (χ1) is 13.1. The Bertz CT molecular complexity index is 879. The minimum atomic E-state index is -0.208. The quantitative estimate of drug-likeness (QED) is 0.593. The highest BCUT2D eigenvalue weighted by atomic mass is 32.2. The van der Waals surface area contributed by atoms with Crippen LogP contribution in [0.25, 0.3) is 0 Å². The second kappa shape index (κ2) is 8.73. The molecule has 6 nitrogen and oxygen atoms in total. The predicted octanol–water partition coefficient (Wildman–Crippen LogP) is 3.13. The van der Waals surface area contributed by atoms with Gasteiger partial charge in [0.05, 0.1) is 18.6 Å². The monoisotopic (exact) mass is 383 g/mol. The number of aromatic hydroxyl groups is 1. The topological polar surface area (TPSA) is 83.3 Å². The van der Waals surface area contributed by atoms with Crippen molar-refractivity contribution in [2.75, 3.05) is 7.11 Å². The second-order valence-electron chi connectivity index (χ2n) is 6.05. The molecule has 140 valence electrons. The van der Waals surface area contributed by atoms with Gasteiger partial charge in [0.1, 0.15) is 0 Å². The summed E-state index contributed by atoms with van der Waals surface area (Å²) in [6, 6.07) is 13.2. The molecule has 1 atom stereocenters. The molecule has 2 aromatic rings. The van der Waals surface area contributed by atoms with E-state index < -0.39 is 0 Å². The van der Waals surface area contributed by atoms with Gasteiger partial charge in [0, 0.05) is 0 Å². The van der Waals surface area contributed by atoms with Gasteiger partial charge in [0.25, 0.3) is 0 Å². The average molecular weight is 383 g/mol. The summed E-state index contributed by atoms with van der Waals surface area (Å²) in [5.74, 6) is 0.374.